The van der Waals surface area contributed by atoms with Gasteiger partial charge in [0.25, 0.3) is 0 Å². The van der Waals surface area contributed by atoms with Crippen LogP contribution in [-0.4, -0.2) is 33.5 Å². The van der Waals surface area contributed by atoms with Gasteiger partial charge in [0.1, 0.15) is 6.20 Å². The second kappa shape index (κ2) is 5.91. The number of nitrogen functional groups attached to an aromatic ring is 1. The standard InChI is InChI=1S/C12H14N6O2/c1-17(7-4-9-2-5-14-6-3-9)11-10(18(19)20)8-15-12(13)16-11/h2-3,5-6,8H,4,7H2,1H3,(H2,13,15,16). The summed E-state index contributed by atoms with van der Waals surface area (Å²) in [6.45, 7) is 0.571. The fraction of sp³-hybridized carbons (Fsp3) is 0.250. The highest BCUT2D eigenvalue weighted by Crippen LogP contribution is 2.24. The molecule has 2 aromatic rings. The summed E-state index contributed by atoms with van der Waals surface area (Å²) in [5, 5.41) is 11.0. The summed E-state index contributed by atoms with van der Waals surface area (Å²) in [7, 11) is 1.73. The second-order valence-corrected chi connectivity index (χ2v) is 4.22. The Morgan fingerprint density at radius 3 is 2.75 bits per heavy atom. The van der Waals surface area contributed by atoms with Gasteiger partial charge in [0.15, 0.2) is 0 Å². The van der Waals surface area contributed by atoms with E-state index in [0.29, 0.717) is 6.54 Å². The molecule has 0 saturated heterocycles. The maximum absolute atomic E-state index is 11.0. The fourth-order valence-electron chi connectivity index (χ4n) is 1.74. The van der Waals surface area contributed by atoms with Gasteiger partial charge in [-0.05, 0) is 24.1 Å². The van der Waals surface area contributed by atoms with Crippen molar-refractivity contribution in [2.75, 3.05) is 24.2 Å². The Morgan fingerprint density at radius 2 is 2.10 bits per heavy atom. The van der Waals surface area contributed by atoms with Crippen molar-refractivity contribution in [3.05, 3.63) is 46.4 Å². The summed E-state index contributed by atoms with van der Waals surface area (Å²) < 4.78 is 0. The van der Waals surface area contributed by atoms with Gasteiger partial charge in [0, 0.05) is 26.0 Å². The van der Waals surface area contributed by atoms with Crippen LogP contribution in [0.2, 0.25) is 0 Å². The number of aromatic nitrogens is 3. The van der Waals surface area contributed by atoms with Crippen molar-refractivity contribution >= 4 is 17.5 Å². The van der Waals surface area contributed by atoms with E-state index in [-0.39, 0.29) is 17.5 Å². The van der Waals surface area contributed by atoms with Crippen LogP contribution in [0.1, 0.15) is 5.56 Å². The molecule has 0 saturated carbocycles. The molecule has 20 heavy (non-hydrogen) atoms. The zero-order chi connectivity index (χ0) is 14.5. The van der Waals surface area contributed by atoms with Crippen LogP contribution < -0.4 is 10.6 Å². The van der Waals surface area contributed by atoms with Gasteiger partial charge in [-0.2, -0.15) is 4.98 Å². The molecule has 8 heteroatoms. The van der Waals surface area contributed by atoms with Gasteiger partial charge >= 0.3 is 5.69 Å². The lowest BCUT2D eigenvalue weighted by Crippen LogP contribution is -2.23. The van der Waals surface area contributed by atoms with E-state index in [4.69, 9.17) is 5.73 Å². The number of anilines is 2. The summed E-state index contributed by atoms with van der Waals surface area (Å²) in [5.41, 5.74) is 6.43. The molecule has 2 heterocycles. The monoisotopic (exact) mass is 274 g/mol. The normalized spacial score (nSPS) is 10.2. The molecule has 8 nitrogen and oxygen atoms in total. The number of hydrogen-bond donors (Lipinski definition) is 1. The smallest absolute Gasteiger partial charge is 0.329 e. The van der Waals surface area contributed by atoms with E-state index in [1.807, 2.05) is 12.1 Å². The Morgan fingerprint density at radius 1 is 1.40 bits per heavy atom. The third-order valence-electron chi connectivity index (χ3n) is 2.81. The van der Waals surface area contributed by atoms with Crippen LogP contribution in [-0.2, 0) is 6.42 Å². The molecule has 2 N–H and O–H groups in total. The zero-order valence-corrected chi connectivity index (χ0v) is 10.9. The lowest BCUT2D eigenvalue weighted by Gasteiger charge is -2.17. The Kier molecular flexibility index (Phi) is 4.04. The van der Waals surface area contributed by atoms with E-state index in [1.165, 1.54) is 0 Å². The third kappa shape index (κ3) is 3.16. The number of likely N-dealkylation sites (N-methyl/N-ethyl adjacent to an activating group) is 1. The maximum atomic E-state index is 11.0. The topological polar surface area (TPSA) is 111 Å². The Labute approximate surface area is 115 Å². The number of nitro groups is 1. The number of hydrogen-bond acceptors (Lipinski definition) is 7. The predicted octanol–water partition coefficient (Wildman–Crippen LogP) is 1.04. The number of nitrogens with two attached hydrogens (primary N) is 1. The van der Waals surface area contributed by atoms with Gasteiger partial charge in [-0.1, -0.05) is 0 Å². The summed E-state index contributed by atoms with van der Waals surface area (Å²) in [6.07, 6.45) is 5.27. The van der Waals surface area contributed by atoms with Crippen molar-refractivity contribution in [2.24, 2.45) is 0 Å². The average molecular weight is 274 g/mol. The van der Waals surface area contributed by atoms with E-state index in [0.717, 1.165) is 18.2 Å². The lowest BCUT2D eigenvalue weighted by molar-refractivity contribution is -0.384. The first-order valence-corrected chi connectivity index (χ1v) is 5.95. The largest absolute Gasteiger partial charge is 0.368 e. The van der Waals surface area contributed by atoms with Crippen LogP contribution in [0.5, 0.6) is 0 Å². The van der Waals surface area contributed by atoms with Crippen molar-refractivity contribution in [1.29, 1.82) is 0 Å². The average Bonchev–Trinajstić information content (AvgIpc) is 2.45. The van der Waals surface area contributed by atoms with Crippen LogP contribution in [0.25, 0.3) is 0 Å². The SMILES string of the molecule is CN(CCc1ccncc1)c1nc(N)ncc1[N+](=O)[O-]. The summed E-state index contributed by atoms with van der Waals surface area (Å²) in [4.78, 5) is 23.7. The molecule has 0 aliphatic rings. The van der Waals surface area contributed by atoms with Crippen LogP contribution in [0.3, 0.4) is 0 Å². The van der Waals surface area contributed by atoms with Crippen molar-refractivity contribution in [1.82, 2.24) is 15.0 Å². The van der Waals surface area contributed by atoms with E-state index in [2.05, 4.69) is 15.0 Å². The van der Waals surface area contributed by atoms with Crippen LogP contribution in [0.4, 0.5) is 17.5 Å². The fourth-order valence-corrected chi connectivity index (χ4v) is 1.74. The highest BCUT2D eigenvalue weighted by molar-refractivity contribution is 5.57. The Hall–Kier alpha value is -2.77. The molecule has 0 amide bonds. The maximum Gasteiger partial charge on any atom is 0.329 e. The van der Waals surface area contributed by atoms with E-state index < -0.39 is 4.92 Å². The van der Waals surface area contributed by atoms with E-state index in [1.54, 1.807) is 24.3 Å². The molecule has 2 aromatic heterocycles. The third-order valence-corrected chi connectivity index (χ3v) is 2.81. The summed E-state index contributed by atoms with van der Waals surface area (Å²) in [5.74, 6) is 0.234. The molecule has 0 aromatic carbocycles. The number of pyridine rings is 1. The molecule has 0 radical (unpaired) electrons. The minimum absolute atomic E-state index is 0.0151. The summed E-state index contributed by atoms with van der Waals surface area (Å²) >= 11 is 0. The molecule has 104 valence electrons. The van der Waals surface area contributed by atoms with Crippen molar-refractivity contribution in [3.8, 4) is 0 Å². The minimum Gasteiger partial charge on any atom is -0.368 e. The number of rotatable bonds is 5. The Bertz CT molecular complexity index is 604. The summed E-state index contributed by atoms with van der Waals surface area (Å²) in [6, 6.07) is 3.80. The molecule has 0 atom stereocenters. The van der Waals surface area contributed by atoms with Crippen molar-refractivity contribution in [2.45, 2.75) is 6.42 Å². The molecule has 0 fully saturated rings. The first-order chi connectivity index (χ1) is 9.58. The molecule has 0 spiro atoms. The van der Waals surface area contributed by atoms with Gasteiger partial charge in [0.05, 0.1) is 4.92 Å². The van der Waals surface area contributed by atoms with Crippen LogP contribution in [0, 0.1) is 10.1 Å². The molecule has 0 aliphatic carbocycles. The van der Waals surface area contributed by atoms with Gasteiger partial charge in [-0.3, -0.25) is 15.1 Å². The van der Waals surface area contributed by atoms with Crippen molar-refractivity contribution in [3.63, 3.8) is 0 Å². The highest BCUT2D eigenvalue weighted by Gasteiger charge is 2.19. The molecule has 0 unspecified atom stereocenters. The zero-order valence-electron chi connectivity index (χ0n) is 10.9. The lowest BCUT2D eigenvalue weighted by atomic mass is 10.2. The van der Waals surface area contributed by atoms with Crippen molar-refractivity contribution < 1.29 is 4.92 Å². The minimum atomic E-state index is -0.516. The first-order valence-electron chi connectivity index (χ1n) is 5.95. The molecule has 2 rings (SSSR count). The molecular weight excluding hydrogens is 260 g/mol. The highest BCUT2D eigenvalue weighted by atomic mass is 16.6. The predicted molar refractivity (Wildman–Crippen MR) is 74.3 cm³/mol. The first kappa shape index (κ1) is 13.7. The molecule has 0 bridgehead atoms. The Balaban J connectivity index is 2.14. The van der Waals surface area contributed by atoms with Gasteiger partial charge in [-0.15, -0.1) is 0 Å². The second-order valence-electron chi connectivity index (χ2n) is 4.22. The quantitative estimate of drug-likeness (QED) is 0.640. The van der Waals surface area contributed by atoms with Gasteiger partial charge in [0.2, 0.25) is 11.8 Å². The van der Waals surface area contributed by atoms with Gasteiger partial charge in [-0.25, -0.2) is 4.98 Å². The van der Waals surface area contributed by atoms with E-state index >= 15 is 0 Å². The van der Waals surface area contributed by atoms with Crippen LogP contribution in [0.15, 0.2) is 30.7 Å². The van der Waals surface area contributed by atoms with E-state index in [9.17, 15) is 10.1 Å². The molecule has 0 aliphatic heterocycles. The number of nitrogens with zero attached hydrogens (tertiary/aromatic N) is 5. The van der Waals surface area contributed by atoms with Gasteiger partial charge < -0.3 is 10.6 Å². The van der Waals surface area contributed by atoms with Crippen LogP contribution >= 0.6 is 0 Å². The molecular formula is C12H14N6O2.